The van der Waals surface area contributed by atoms with Crippen LogP contribution >= 0.6 is 0 Å². The van der Waals surface area contributed by atoms with E-state index in [0.717, 1.165) is 37.2 Å². The second-order valence-electron chi connectivity index (χ2n) is 10.9. The van der Waals surface area contributed by atoms with Crippen LogP contribution in [-0.4, -0.2) is 41.4 Å². The topological polar surface area (TPSA) is 70.7 Å². The van der Waals surface area contributed by atoms with Gasteiger partial charge in [0.25, 0.3) is 0 Å². The number of nitrogens with zero attached hydrogens (tertiary/aromatic N) is 1. The fourth-order valence-electron chi connectivity index (χ4n) is 6.78. The highest BCUT2D eigenvalue weighted by molar-refractivity contribution is 5.96. The van der Waals surface area contributed by atoms with Crippen LogP contribution in [0.3, 0.4) is 0 Å². The third-order valence-corrected chi connectivity index (χ3v) is 8.09. The monoisotopic (exact) mass is 475 g/mol. The Morgan fingerprint density at radius 3 is 2.57 bits per heavy atom. The van der Waals surface area contributed by atoms with Gasteiger partial charge in [-0.2, -0.15) is 0 Å². The highest BCUT2D eigenvalue weighted by Crippen LogP contribution is 2.54. The van der Waals surface area contributed by atoms with Gasteiger partial charge in [0.15, 0.2) is 0 Å². The summed E-state index contributed by atoms with van der Waals surface area (Å²) in [6.45, 7) is 9.18. The number of carbonyl (C=O) groups excluding carboxylic acids is 2. The summed E-state index contributed by atoms with van der Waals surface area (Å²) in [5.74, 6) is 1.59. The summed E-state index contributed by atoms with van der Waals surface area (Å²) in [4.78, 5) is 29.6. The van der Waals surface area contributed by atoms with Crippen LogP contribution in [-0.2, 0) is 22.7 Å². The summed E-state index contributed by atoms with van der Waals surface area (Å²) in [6.07, 6.45) is 1.63. The number of rotatable bonds is 9. The Kier molecular flexibility index (Phi) is 6.58. The summed E-state index contributed by atoms with van der Waals surface area (Å²) in [7, 11) is 0. The molecule has 4 aliphatic rings. The van der Waals surface area contributed by atoms with E-state index in [9.17, 15) is 9.59 Å². The van der Waals surface area contributed by atoms with E-state index in [2.05, 4.69) is 41.5 Å². The van der Waals surface area contributed by atoms with Gasteiger partial charge < -0.3 is 15.4 Å². The maximum absolute atomic E-state index is 13.8. The van der Waals surface area contributed by atoms with Crippen molar-refractivity contribution in [1.29, 1.82) is 0 Å². The molecule has 6 rings (SSSR count). The Morgan fingerprint density at radius 1 is 1.14 bits per heavy atom. The molecule has 2 aromatic rings. The molecule has 5 atom stereocenters. The van der Waals surface area contributed by atoms with Crippen molar-refractivity contribution in [3.63, 3.8) is 0 Å². The molecule has 4 fully saturated rings. The number of benzene rings is 2. The van der Waals surface area contributed by atoms with Gasteiger partial charge in [-0.3, -0.25) is 14.5 Å². The van der Waals surface area contributed by atoms with E-state index in [-0.39, 0.29) is 35.6 Å². The first-order valence-electron chi connectivity index (χ1n) is 13.0. The summed E-state index contributed by atoms with van der Waals surface area (Å²) in [6, 6.07) is 18.3. The van der Waals surface area contributed by atoms with E-state index in [4.69, 9.17) is 4.74 Å². The molecular weight excluding hydrogens is 438 g/mol. The first-order valence-corrected chi connectivity index (χ1v) is 13.0. The first kappa shape index (κ1) is 23.9. The van der Waals surface area contributed by atoms with Crippen molar-refractivity contribution in [3.8, 4) is 5.75 Å². The normalized spacial score (nSPS) is 29.3. The molecule has 0 radical (unpaired) electrons. The fraction of sp³-hybridized carbons (Fsp3) is 0.517. The van der Waals surface area contributed by atoms with E-state index in [1.165, 1.54) is 5.56 Å². The van der Waals surface area contributed by atoms with Gasteiger partial charge >= 0.3 is 0 Å². The predicted octanol–water partition coefficient (Wildman–Crippen LogP) is 3.75. The molecule has 0 aromatic heterocycles. The molecule has 1 saturated carbocycles. The van der Waals surface area contributed by atoms with Crippen LogP contribution in [0.5, 0.6) is 5.75 Å². The Morgan fingerprint density at radius 2 is 1.89 bits per heavy atom. The van der Waals surface area contributed by atoms with Crippen LogP contribution in [0.15, 0.2) is 54.6 Å². The molecule has 2 amide bonds. The van der Waals surface area contributed by atoms with Gasteiger partial charge in [-0.15, -0.1) is 0 Å². The molecule has 0 spiro atoms. The zero-order chi connectivity index (χ0) is 24.6. The Hall–Kier alpha value is -2.86. The molecule has 5 unspecified atom stereocenters. The number of piperidine rings is 2. The highest BCUT2D eigenvalue weighted by Gasteiger charge is 2.67. The second-order valence-corrected chi connectivity index (χ2v) is 10.9. The summed E-state index contributed by atoms with van der Waals surface area (Å²) in [5, 5.41) is 6.41. The fourth-order valence-corrected chi connectivity index (χ4v) is 6.78. The number of amides is 2. The second kappa shape index (κ2) is 9.65. The van der Waals surface area contributed by atoms with Gasteiger partial charge in [-0.1, -0.05) is 56.3 Å². The largest absolute Gasteiger partial charge is 0.494 e. The molecule has 1 aliphatic carbocycles. The molecule has 3 heterocycles. The van der Waals surface area contributed by atoms with Crippen LogP contribution in [0.4, 0.5) is 0 Å². The maximum Gasteiger partial charge on any atom is 0.246 e. The molecule has 3 saturated heterocycles. The third kappa shape index (κ3) is 4.44. The summed E-state index contributed by atoms with van der Waals surface area (Å²) >= 11 is 0. The smallest absolute Gasteiger partial charge is 0.246 e. The number of nitrogens with one attached hydrogen (secondary N) is 2. The number of carbonyl (C=O) groups is 2. The number of hydrogen-bond acceptors (Lipinski definition) is 4. The van der Waals surface area contributed by atoms with Crippen molar-refractivity contribution in [2.24, 2.45) is 23.7 Å². The van der Waals surface area contributed by atoms with E-state index in [1.54, 1.807) is 0 Å². The summed E-state index contributed by atoms with van der Waals surface area (Å²) in [5.41, 5.74) is 1.44. The molecular formula is C29H37N3O3. The van der Waals surface area contributed by atoms with E-state index in [0.29, 0.717) is 19.1 Å². The molecule has 6 nitrogen and oxygen atoms in total. The van der Waals surface area contributed by atoms with Gasteiger partial charge in [0.05, 0.1) is 12.5 Å². The maximum atomic E-state index is 13.8. The minimum absolute atomic E-state index is 0.0311. The molecule has 2 aromatic carbocycles. The minimum Gasteiger partial charge on any atom is -0.494 e. The Labute approximate surface area is 208 Å². The van der Waals surface area contributed by atoms with Crippen LogP contribution in [0, 0.1) is 23.7 Å². The van der Waals surface area contributed by atoms with Crippen molar-refractivity contribution in [3.05, 3.63) is 65.7 Å². The van der Waals surface area contributed by atoms with E-state index >= 15 is 0 Å². The van der Waals surface area contributed by atoms with Gasteiger partial charge in [0.2, 0.25) is 11.8 Å². The van der Waals surface area contributed by atoms with Gasteiger partial charge in [-0.05, 0) is 54.9 Å². The molecule has 3 aliphatic heterocycles. The average molecular weight is 476 g/mol. The van der Waals surface area contributed by atoms with Crippen LogP contribution in [0.25, 0.3) is 0 Å². The lowest BCUT2D eigenvalue weighted by Gasteiger charge is -2.55. The van der Waals surface area contributed by atoms with Gasteiger partial charge in [0, 0.05) is 31.6 Å². The zero-order valence-electron chi connectivity index (χ0n) is 21.0. The number of likely N-dealkylation sites (tertiary alicyclic amines) is 1. The highest BCUT2D eigenvalue weighted by atomic mass is 16.5. The lowest BCUT2D eigenvalue weighted by atomic mass is 9.57. The molecule has 35 heavy (non-hydrogen) atoms. The minimum atomic E-state index is -0.839. The van der Waals surface area contributed by atoms with Crippen molar-refractivity contribution >= 4 is 11.8 Å². The van der Waals surface area contributed by atoms with Crippen molar-refractivity contribution in [1.82, 2.24) is 15.5 Å². The van der Waals surface area contributed by atoms with Crippen LogP contribution < -0.4 is 15.4 Å². The number of hydrogen-bond donors (Lipinski definition) is 2. The lowest BCUT2D eigenvalue weighted by molar-refractivity contribution is -0.155. The quantitative estimate of drug-likeness (QED) is 0.580. The SMILES string of the molecule is CCOc1ccc(CN2CC3CC4(C(=O)NCc5ccccc5)NC(=O)C3C2C4CC(C)C)cc1. The Balaban J connectivity index is 1.40. The van der Waals surface area contributed by atoms with Crippen molar-refractivity contribution < 1.29 is 14.3 Å². The van der Waals surface area contributed by atoms with Crippen LogP contribution in [0.1, 0.15) is 44.7 Å². The number of fused-ring (bicyclic) bond motifs is 1. The Bertz CT molecular complexity index is 1050. The molecule has 186 valence electrons. The van der Waals surface area contributed by atoms with E-state index < -0.39 is 5.54 Å². The van der Waals surface area contributed by atoms with E-state index in [1.807, 2.05) is 49.4 Å². The zero-order valence-corrected chi connectivity index (χ0v) is 21.0. The van der Waals surface area contributed by atoms with Crippen molar-refractivity contribution in [2.75, 3.05) is 13.2 Å². The third-order valence-electron chi connectivity index (χ3n) is 8.09. The van der Waals surface area contributed by atoms with Crippen molar-refractivity contribution in [2.45, 2.75) is 58.3 Å². The predicted molar refractivity (Wildman–Crippen MR) is 136 cm³/mol. The summed E-state index contributed by atoms with van der Waals surface area (Å²) < 4.78 is 5.60. The van der Waals surface area contributed by atoms with Gasteiger partial charge in [0.1, 0.15) is 11.3 Å². The lowest BCUT2D eigenvalue weighted by Crippen LogP contribution is -2.75. The average Bonchev–Trinajstić information content (AvgIpc) is 3.15. The first-order chi connectivity index (χ1) is 16.9. The van der Waals surface area contributed by atoms with Crippen LogP contribution in [0.2, 0.25) is 0 Å². The molecule has 6 heteroatoms. The standard InChI is InChI=1S/C29H37N3O3/c1-4-35-23-12-10-21(11-13-23)17-32-18-22-15-29(28(34)30-16-20-8-6-5-7-9-20)24(14-19(2)3)26(32)25(22)27(33)31-29/h5-13,19,22,24-26H,4,14-18H2,1-3H3,(H,30,34)(H,31,33). The number of ether oxygens (including phenoxy) is 1. The van der Waals surface area contributed by atoms with Gasteiger partial charge in [-0.25, -0.2) is 0 Å². The molecule has 4 bridgehead atoms. The molecule has 2 N–H and O–H groups in total.